The molecule has 1 aliphatic heterocycles. The Labute approximate surface area is 164 Å². The lowest BCUT2D eigenvalue weighted by atomic mass is 10.00. The van der Waals surface area contributed by atoms with Gasteiger partial charge >= 0.3 is 6.36 Å². The van der Waals surface area contributed by atoms with Crippen molar-refractivity contribution < 1.29 is 30.7 Å². The molecule has 154 valence electrons. The molecule has 1 saturated heterocycles. The smallest absolute Gasteiger partial charge is 0.440 e. The third-order valence-corrected chi connectivity index (χ3v) is 6.58. The first-order valence-electron chi connectivity index (χ1n) is 8.94. The van der Waals surface area contributed by atoms with Crippen LogP contribution in [0.3, 0.4) is 0 Å². The second kappa shape index (κ2) is 7.34. The standard InChI is InChI=1S/C19H17F3N2O4S/c20-19(21,22)28-14-6-3-7-15(11-14)29(25,26)24-10-4-5-13(12-24)18-23-16-8-1-2-9-17(16)27-18/h1-3,6-9,11,13H,4-5,10,12H2/t13-/m1/s1. The van der Waals surface area contributed by atoms with Crippen LogP contribution in [0.5, 0.6) is 5.75 Å². The van der Waals surface area contributed by atoms with Gasteiger partial charge in [0.1, 0.15) is 11.3 Å². The number of fused-ring (bicyclic) bond motifs is 1. The Morgan fingerprint density at radius 2 is 1.93 bits per heavy atom. The number of sulfonamides is 1. The van der Waals surface area contributed by atoms with Gasteiger partial charge in [0.05, 0.1) is 4.90 Å². The molecule has 10 heteroatoms. The lowest BCUT2D eigenvalue weighted by Crippen LogP contribution is -2.39. The SMILES string of the molecule is O=S(=O)(c1cccc(OC(F)(F)F)c1)N1CCC[C@@H](c2nc3ccccc3o2)C1. The first-order chi connectivity index (χ1) is 13.7. The number of halogens is 3. The van der Waals surface area contributed by atoms with Gasteiger partial charge in [-0.2, -0.15) is 4.31 Å². The Hall–Kier alpha value is -2.59. The van der Waals surface area contributed by atoms with Gasteiger partial charge in [0.25, 0.3) is 0 Å². The molecule has 1 aromatic heterocycles. The fourth-order valence-electron chi connectivity index (χ4n) is 3.41. The van der Waals surface area contributed by atoms with Gasteiger partial charge in [-0.3, -0.25) is 0 Å². The molecule has 0 spiro atoms. The van der Waals surface area contributed by atoms with E-state index in [0.29, 0.717) is 29.8 Å². The van der Waals surface area contributed by atoms with E-state index in [0.717, 1.165) is 12.1 Å². The average Bonchev–Trinajstić information content (AvgIpc) is 3.11. The van der Waals surface area contributed by atoms with E-state index in [1.807, 2.05) is 18.2 Å². The Balaban J connectivity index is 1.58. The van der Waals surface area contributed by atoms with Crippen molar-refractivity contribution in [3.63, 3.8) is 0 Å². The van der Waals surface area contributed by atoms with Gasteiger partial charge in [-0.25, -0.2) is 13.4 Å². The third-order valence-electron chi connectivity index (χ3n) is 4.72. The van der Waals surface area contributed by atoms with E-state index in [1.165, 1.54) is 16.4 Å². The highest BCUT2D eigenvalue weighted by Crippen LogP contribution is 2.33. The number of nitrogens with zero attached hydrogens (tertiary/aromatic N) is 2. The molecule has 0 bridgehead atoms. The van der Waals surface area contributed by atoms with E-state index in [4.69, 9.17) is 4.42 Å². The van der Waals surface area contributed by atoms with Crippen molar-refractivity contribution in [1.29, 1.82) is 0 Å². The first-order valence-corrected chi connectivity index (χ1v) is 10.4. The fraction of sp³-hybridized carbons (Fsp3) is 0.316. The van der Waals surface area contributed by atoms with Crippen molar-refractivity contribution in [1.82, 2.24) is 9.29 Å². The summed E-state index contributed by atoms with van der Waals surface area (Å²) in [6.45, 7) is 0.406. The van der Waals surface area contributed by atoms with Crippen molar-refractivity contribution >= 4 is 21.1 Å². The minimum absolute atomic E-state index is 0.138. The molecule has 1 fully saturated rings. The summed E-state index contributed by atoms with van der Waals surface area (Å²) in [4.78, 5) is 4.19. The summed E-state index contributed by atoms with van der Waals surface area (Å²) < 4.78 is 74.2. The van der Waals surface area contributed by atoms with E-state index in [1.54, 1.807) is 6.07 Å². The van der Waals surface area contributed by atoms with Crippen molar-refractivity contribution in [3.8, 4) is 5.75 Å². The zero-order valence-electron chi connectivity index (χ0n) is 15.1. The van der Waals surface area contributed by atoms with Crippen molar-refractivity contribution in [2.24, 2.45) is 0 Å². The molecular weight excluding hydrogens is 409 g/mol. The summed E-state index contributed by atoms with van der Waals surface area (Å²) in [7, 11) is -3.99. The fourth-order valence-corrected chi connectivity index (χ4v) is 4.97. The van der Waals surface area contributed by atoms with Crippen LogP contribution in [0.15, 0.2) is 57.8 Å². The predicted molar refractivity (Wildman–Crippen MR) is 97.9 cm³/mol. The van der Waals surface area contributed by atoms with E-state index >= 15 is 0 Å². The average molecular weight is 426 g/mol. The number of hydrogen-bond donors (Lipinski definition) is 0. The van der Waals surface area contributed by atoms with Crippen LogP contribution < -0.4 is 4.74 Å². The van der Waals surface area contributed by atoms with Crippen molar-refractivity contribution in [3.05, 3.63) is 54.4 Å². The summed E-state index contributed by atoms with van der Waals surface area (Å²) in [6.07, 6.45) is -3.61. The Kier molecular flexibility index (Phi) is 4.99. The van der Waals surface area contributed by atoms with Crippen molar-refractivity contribution in [2.75, 3.05) is 13.1 Å². The highest BCUT2D eigenvalue weighted by Gasteiger charge is 2.35. The second-order valence-electron chi connectivity index (χ2n) is 6.74. The zero-order chi connectivity index (χ0) is 20.6. The number of benzene rings is 2. The number of aromatic nitrogens is 1. The van der Waals surface area contributed by atoms with Crippen LogP contribution in [0.25, 0.3) is 11.1 Å². The molecule has 6 nitrogen and oxygen atoms in total. The van der Waals surface area contributed by atoms with Crippen LogP contribution in [0.4, 0.5) is 13.2 Å². The maximum Gasteiger partial charge on any atom is 0.573 e. The summed E-state index contributed by atoms with van der Waals surface area (Å²) in [5.41, 5.74) is 1.32. The van der Waals surface area contributed by atoms with Gasteiger partial charge in [0, 0.05) is 25.1 Å². The summed E-state index contributed by atoms with van der Waals surface area (Å²) in [5.74, 6) is -0.355. The number of ether oxygens (including phenoxy) is 1. The number of rotatable bonds is 4. The van der Waals surface area contributed by atoms with E-state index in [2.05, 4.69) is 9.72 Å². The molecule has 0 saturated carbocycles. The van der Waals surface area contributed by atoms with Gasteiger partial charge in [-0.1, -0.05) is 18.2 Å². The molecule has 4 rings (SSSR count). The molecule has 0 aliphatic carbocycles. The second-order valence-corrected chi connectivity index (χ2v) is 8.68. The monoisotopic (exact) mass is 426 g/mol. The van der Waals surface area contributed by atoms with Gasteiger partial charge in [-0.05, 0) is 37.1 Å². The van der Waals surface area contributed by atoms with Crippen LogP contribution in [0.2, 0.25) is 0 Å². The van der Waals surface area contributed by atoms with Crippen molar-refractivity contribution in [2.45, 2.75) is 30.0 Å². The molecule has 29 heavy (non-hydrogen) atoms. The normalized spacial score (nSPS) is 18.8. The van der Waals surface area contributed by atoms with Crippen LogP contribution in [-0.2, 0) is 10.0 Å². The number of alkyl halides is 3. The molecule has 0 unspecified atom stereocenters. The van der Waals surface area contributed by atoms with Gasteiger partial charge in [0.15, 0.2) is 11.5 Å². The van der Waals surface area contributed by atoms with Gasteiger partial charge in [0.2, 0.25) is 10.0 Å². The highest BCUT2D eigenvalue weighted by molar-refractivity contribution is 7.89. The van der Waals surface area contributed by atoms with Crippen LogP contribution in [-0.4, -0.2) is 37.2 Å². The molecule has 1 aliphatic rings. The van der Waals surface area contributed by atoms with Crippen LogP contribution in [0, 0.1) is 0 Å². The molecule has 3 aromatic rings. The van der Waals surface area contributed by atoms with E-state index < -0.39 is 22.1 Å². The Morgan fingerprint density at radius 1 is 1.14 bits per heavy atom. The topological polar surface area (TPSA) is 72.6 Å². The summed E-state index contributed by atoms with van der Waals surface area (Å²) >= 11 is 0. The first kappa shape index (κ1) is 19.7. The van der Waals surface area contributed by atoms with Crippen LogP contribution in [0.1, 0.15) is 24.7 Å². The lowest BCUT2D eigenvalue weighted by molar-refractivity contribution is -0.274. The largest absolute Gasteiger partial charge is 0.573 e. The lowest BCUT2D eigenvalue weighted by Gasteiger charge is -2.30. The molecule has 2 aromatic carbocycles. The zero-order valence-corrected chi connectivity index (χ0v) is 15.9. The van der Waals surface area contributed by atoms with E-state index in [9.17, 15) is 21.6 Å². The quantitative estimate of drug-likeness (QED) is 0.622. The minimum atomic E-state index is -4.90. The number of hydrogen-bond acceptors (Lipinski definition) is 5. The summed E-state index contributed by atoms with van der Waals surface area (Å²) in [6, 6.07) is 11.7. The molecule has 0 N–H and O–H groups in total. The maximum atomic E-state index is 13.0. The predicted octanol–water partition coefficient (Wildman–Crippen LogP) is 4.29. The molecule has 1 atom stereocenters. The van der Waals surface area contributed by atoms with Crippen LogP contribution >= 0.6 is 0 Å². The number of piperidine rings is 1. The third kappa shape index (κ3) is 4.23. The Morgan fingerprint density at radius 3 is 2.69 bits per heavy atom. The molecule has 0 radical (unpaired) electrons. The molecule has 0 amide bonds. The van der Waals surface area contributed by atoms with Gasteiger partial charge < -0.3 is 9.15 Å². The maximum absolute atomic E-state index is 13.0. The van der Waals surface area contributed by atoms with Gasteiger partial charge in [-0.15, -0.1) is 13.2 Å². The molecule has 2 heterocycles. The van der Waals surface area contributed by atoms with E-state index in [-0.39, 0.29) is 23.9 Å². The number of oxazole rings is 1. The minimum Gasteiger partial charge on any atom is -0.440 e. The summed E-state index contributed by atoms with van der Waals surface area (Å²) in [5, 5.41) is 0. The highest BCUT2D eigenvalue weighted by atomic mass is 32.2. The Bertz CT molecular complexity index is 1090. The molecular formula is C19H17F3N2O4S. The number of para-hydroxylation sites is 2.